The number of rotatable bonds is 2. The molecule has 0 radical (unpaired) electrons. The third kappa shape index (κ3) is 2.60. The monoisotopic (exact) mass is 331 g/mol. The van der Waals surface area contributed by atoms with Gasteiger partial charge >= 0.3 is 6.09 Å². The Balaban J connectivity index is 1.92. The first-order chi connectivity index (χ1) is 11.1. The molecule has 1 amide bonds. The quantitative estimate of drug-likeness (QED) is 0.706. The second kappa shape index (κ2) is 5.64. The zero-order valence-corrected chi connectivity index (χ0v) is 15.7. The first-order valence-corrected chi connectivity index (χ1v) is 9.42. The Morgan fingerprint density at radius 1 is 1.29 bits per heavy atom. The summed E-state index contributed by atoms with van der Waals surface area (Å²) >= 11 is 0. The van der Waals surface area contributed by atoms with Crippen LogP contribution in [0.1, 0.15) is 66.2 Å². The van der Waals surface area contributed by atoms with Gasteiger partial charge in [-0.1, -0.05) is 45.4 Å². The highest BCUT2D eigenvalue weighted by atomic mass is 16.6. The normalized spacial score (nSPS) is 43.8. The zero-order valence-electron chi connectivity index (χ0n) is 15.7. The van der Waals surface area contributed by atoms with E-state index in [2.05, 4.69) is 46.4 Å². The molecule has 0 unspecified atom stereocenters. The average molecular weight is 332 g/mol. The van der Waals surface area contributed by atoms with Crippen LogP contribution in [-0.2, 0) is 4.74 Å². The predicted molar refractivity (Wildman–Crippen MR) is 97.4 cm³/mol. The Kier molecular flexibility index (Phi) is 4.13. The van der Waals surface area contributed by atoms with Gasteiger partial charge in [0.2, 0.25) is 0 Å². The topological polar surface area (TPSA) is 52.3 Å². The fraction of sp³-hybridized carbons (Fsp3) is 0.762. The summed E-state index contributed by atoms with van der Waals surface area (Å²) in [6.07, 6.45) is 10.7. The largest absolute Gasteiger partial charge is 0.446 e. The van der Waals surface area contributed by atoms with Crippen LogP contribution in [-0.4, -0.2) is 12.2 Å². The Hall–Kier alpha value is -1.25. The second-order valence-electron chi connectivity index (χ2n) is 9.46. The lowest BCUT2D eigenvalue weighted by Crippen LogP contribution is -2.55. The first kappa shape index (κ1) is 17.6. The SMILES string of the molecule is C=C[C@@]1(C)CC=C2[C@H](CC[C@@H]3C(C)(C)[C@H](OC(N)=O)CC[C@]23C)C1. The molecule has 0 aromatic carbocycles. The van der Waals surface area contributed by atoms with Crippen molar-refractivity contribution in [3.05, 3.63) is 24.3 Å². The summed E-state index contributed by atoms with van der Waals surface area (Å²) in [6.45, 7) is 13.4. The number of hydrogen-bond donors (Lipinski definition) is 1. The fourth-order valence-corrected chi connectivity index (χ4v) is 6.17. The standard InChI is InChI=1S/C21H33NO2/c1-6-20(4)11-9-15-14(13-20)7-8-16-19(2,3)17(24-18(22)23)10-12-21(15,16)5/h6,9,14,16-17H,1,7-8,10-13H2,2-5H3,(H2,22,23)/t14-,16-,17-,20+,21-/m1/s1. The number of ether oxygens (including phenoxy) is 1. The first-order valence-electron chi connectivity index (χ1n) is 9.42. The molecule has 3 aliphatic carbocycles. The van der Waals surface area contributed by atoms with Crippen molar-refractivity contribution >= 4 is 6.09 Å². The third-order valence-corrected chi connectivity index (χ3v) is 7.58. The summed E-state index contributed by atoms with van der Waals surface area (Å²) in [5.41, 5.74) is 7.43. The van der Waals surface area contributed by atoms with Gasteiger partial charge in [0.25, 0.3) is 0 Å². The molecule has 5 atom stereocenters. The van der Waals surface area contributed by atoms with Gasteiger partial charge in [0.15, 0.2) is 0 Å². The minimum Gasteiger partial charge on any atom is -0.446 e. The lowest BCUT2D eigenvalue weighted by Gasteiger charge is -2.60. The van der Waals surface area contributed by atoms with Crippen LogP contribution in [0.15, 0.2) is 24.3 Å². The number of carbonyl (C=O) groups excluding carboxylic acids is 1. The molecule has 2 N–H and O–H groups in total. The minimum atomic E-state index is -0.635. The number of hydrogen-bond acceptors (Lipinski definition) is 2. The number of carbonyl (C=O) groups is 1. The van der Waals surface area contributed by atoms with Crippen LogP contribution in [0.25, 0.3) is 0 Å². The molecule has 3 nitrogen and oxygen atoms in total. The van der Waals surface area contributed by atoms with Crippen LogP contribution >= 0.6 is 0 Å². The Labute approximate surface area is 146 Å². The van der Waals surface area contributed by atoms with E-state index in [-0.39, 0.29) is 22.3 Å². The van der Waals surface area contributed by atoms with Gasteiger partial charge in [0, 0.05) is 5.41 Å². The van der Waals surface area contributed by atoms with E-state index in [0.29, 0.717) is 11.8 Å². The number of primary amides is 1. The van der Waals surface area contributed by atoms with Gasteiger partial charge in [-0.2, -0.15) is 0 Å². The maximum Gasteiger partial charge on any atom is 0.404 e. The molecule has 2 saturated carbocycles. The van der Waals surface area contributed by atoms with Crippen molar-refractivity contribution in [2.24, 2.45) is 33.8 Å². The predicted octanol–water partition coefficient (Wildman–Crippen LogP) is 5.22. The van der Waals surface area contributed by atoms with Crippen LogP contribution in [0.4, 0.5) is 4.79 Å². The smallest absolute Gasteiger partial charge is 0.404 e. The highest BCUT2D eigenvalue weighted by Gasteiger charge is 2.57. The molecular formula is C21H33NO2. The van der Waals surface area contributed by atoms with Crippen molar-refractivity contribution < 1.29 is 9.53 Å². The van der Waals surface area contributed by atoms with Crippen molar-refractivity contribution in [2.75, 3.05) is 0 Å². The molecule has 2 fully saturated rings. The maximum atomic E-state index is 11.3. The van der Waals surface area contributed by atoms with Gasteiger partial charge in [0.05, 0.1) is 0 Å². The van der Waals surface area contributed by atoms with Gasteiger partial charge < -0.3 is 10.5 Å². The minimum absolute atomic E-state index is 0.0347. The molecule has 0 spiro atoms. The molecule has 0 heterocycles. The third-order valence-electron chi connectivity index (χ3n) is 7.58. The lowest BCUT2D eigenvalue weighted by atomic mass is 9.46. The van der Waals surface area contributed by atoms with Crippen LogP contribution in [0.3, 0.4) is 0 Å². The number of allylic oxidation sites excluding steroid dienone is 3. The number of amides is 1. The number of nitrogens with two attached hydrogens (primary N) is 1. The highest BCUT2D eigenvalue weighted by molar-refractivity contribution is 5.65. The molecule has 0 saturated heterocycles. The highest BCUT2D eigenvalue weighted by Crippen LogP contribution is 2.64. The molecule has 24 heavy (non-hydrogen) atoms. The van der Waals surface area contributed by atoms with E-state index in [1.54, 1.807) is 5.57 Å². The Morgan fingerprint density at radius 2 is 2.00 bits per heavy atom. The van der Waals surface area contributed by atoms with E-state index in [9.17, 15) is 4.79 Å². The van der Waals surface area contributed by atoms with Crippen molar-refractivity contribution in [1.82, 2.24) is 0 Å². The van der Waals surface area contributed by atoms with Crippen LogP contribution in [0.2, 0.25) is 0 Å². The molecular weight excluding hydrogens is 298 g/mol. The lowest BCUT2D eigenvalue weighted by molar-refractivity contribution is -0.102. The number of fused-ring (bicyclic) bond motifs is 3. The van der Waals surface area contributed by atoms with Gasteiger partial charge in [-0.15, -0.1) is 6.58 Å². The molecule has 3 heteroatoms. The van der Waals surface area contributed by atoms with E-state index in [1.807, 2.05) is 0 Å². The van der Waals surface area contributed by atoms with E-state index in [1.165, 1.54) is 19.3 Å². The molecule has 0 aromatic heterocycles. The summed E-state index contributed by atoms with van der Waals surface area (Å²) in [6, 6.07) is 0. The fourth-order valence-electron chi connectivity index (χ4n) is 6.17. The van der Waals surface area contributed by atoms with E-state index in [0.717, 1.165) is 19.3 Å². The van der Waals surface area contributed by atoms with Crippen molar-refractivity contribution in [1.29, 1.82) is 0 Å². The molecule has 3 rings (SSSR count). The van der Waals surface area contributed by atoms with Crippen molar-refractivity contribution in [2.45, 2.75) is 72.3 Å². The van der Waals surface area contributed by atoms with Gasteiger partial charge in [0.1, 0.15) is 6.10 Å². The summed E-state index contributed by atoms with van der Waals surface area (Å²) in [5.74, 6) is 1.23. The Bertz CT molecular complexity index is 578. The van der Waals surface area contributed by atoms with Gasteiger partial charge in [-0.25, -0.2) is 4.79 Å². The second-order valence-corrected chi connectivity index (χ2v) is 9.46. The summed E-state index contributed by atoms with van der Waals surface area (Å²) < 4.78 is 5.49. The summed E-state index contributed by atoms with van der Waals surface area (Å²) in [4.78, 5) is 11.3. The van der Waals surface area contributed by atoms with Crippen LogP contribution in [0.5, 0.6) is 0 Å². The maximum absolute atomic E-state index is 11.3. The Morgan fingerprint density at radius 3 is 2.62 bits per heavy atom. The van der Waals surface area contributed by atoms with E-state index < -0.39 is 6.09 Å². The molecule has 134 valence electrons. The average Bonchev–Trinajstić information content (AvgIpc) is 2.49. The molecule has 3 aliphatic rings. The van der Waals surface area contributed by atoms with Gasteiger partial charge in [-0.3, -0.25) is 0 Å². The van der Waals surface area contributed by atoms with Crippen molar-refractivity contribution in [3.8, 4) is 0 Å². The summed E-state index contributed by atoms with van der Waals surface area (Å²) in [5, 5.41) is 0. The zero-order chi connectivity index (χ0) is 17.8. The molecule has 0 bridgehead atoms. The van der Waals surface area contributed by atoms with Crippen molar-refractivity contribution in [3.63, 3.8) is 0 Å². The van der Waals surface area contributed by atoms with E-state index in [4.69, 9.17) is 10.5 Å². The van der Waals surface area contributed by atoms with E-state index >= 15 is 0 Å². The van der Waals surface area contributed by atoms with Crippen LogP contribution in [0, 0.1) is 28.1 Å². The van der Waals surface area contributed by atoms with Gasteiger partial charge in [-0.05, 0) is 61.2 Å². The molecule has 0 aliphatic heterocycles. The molecule has 0 aromatic rings. The van der Waals surface area contributed by atoms with Crippen LogP contribution < -0.4 is 5.73 Å². The summed E-state index contributed by atoms with van der Waals surface area (Å²) in [7, 11) is 0.